The van der Waals surface area contributed by atoms with E-state index in [0.29, 0.717) is 13.1 Å². The molecule has 0 saturated heterocycles. The lowest BCUT2D eigenvalue weighted by Gasteiger charge is -2.17. The molecule has 18 heavy (non-hydrogen) atoms. The van der Waals surface area contributed by atoms with E-state index in [1.807, 2.05) is 36.4 Å². The maximum atomic E-state index is 11.1. The van der Waals surface area contributed by atoms with Crippen molar-refractivity contribution in [2.45, 2.75) is 13.1 Å². The van der Waals surface area contributed by atoms with Crippen molar-refractivity contribution in [2.75, 3.05) is 14.1 Å². The third-order valence-electron chi connectivity index (χ3n) is 2.88. The number of rotatable bonds is 4. The van der Waals surface area contributed by atoms with Crippen LogP contribution in [0.15, 0.2) is 36.4 Å². The van der Waals surface area contributed by atoms with Gasteiger partial charge in [-0.05, 0) is 22.9 Å². The number of hydrogen-bond acceptors (Lipinski definition) is 2. The molecule has 0 bridgehead atoms. The minimum atomic E-state index is 0.161. The van der Waals surface area contributed by atoms with Crippen LogP contribution >= 0.6 is 0 Å². The van der Waals surface area contributed by atoms with Gasteiger partial charge in [0.1, 0.15) is 13.1 Å². The number of nitrogens with one attached hydrogen (secondary N) is 2. The zero-order chi connectivity index (χ0) is 13.1. The number of fused-ring (bicyclic) bond motifs is 1. The van der Waals surface area contributed by atoms with E-state index in [4.69, 9.17) is 0 Å². The Labute approximate surface area is 107 Å². The molecular weight excluding hydrogens is 228 g/mol. The molecular formula is C14H18N2O2. The fourth-order valence-electron chi connectivity index (χ4n) is 2.14. The first-order valence-corrected chi connectivity index (χ1v) is 6.05. The van der Waals surface area contributed by atoms with Gasteiger partial charge in [0, 0.05) is 11.1 Å². The highest BCUT2D eigenvalue weighted by molar-refractivity contribution is 5.83. The molecule has 0 spiro atoms. The SMILES string of the molecule is C[NH+]([O-])Cc1ccc2ccc(C[NH+](C)[O-])cc2c1. The van der Waals surface area contributed by atoms with E-state index in [1.165, 1.54) is 0 Å². The third-order valence-corrected chi connectivity index (χ3v) is 2.88. The van der Waals surface area contributed by atoms with Gasteiger partial charge in [-0.1, -0.05) is 24.3 Å². The lowest BCUT2D eigenvalue weighted by atomic mass is 10.0. The molecule has 2 aromatic carbocycles. The van der Waals surface area contributed by atoms with E-state index < -0.39 is 0 Å². The van der Waals surface area contributed by atoms with E-state index in [1.54, 1.807) is 14.1 Å². The maximum absolute atomic E-state index is 11.1. The van der Waals surface area contributed by atoms with Crippen molar-refractivity contribution in [1.29, 1.82) is 0 Å². The van der Waals surface area contributed by atoms with E-state index in [0.717, 1.165) is 21.9 Å². The van der Waals surface area contributed by atoms with Crippen molar-refractivity contribution < 1.29 is 10.1 Å². The zero-order valence-corrected chi connectivity index (χ0v) is 10.7. The normalized spacial score (nSPS) is 14.7. The molecule has 0 aliphatic rings. The average Bonchev–Trinajstić information content (AvgIpc) is 2.26. The van der Waals surface area contributed by atoms with Crippen molar-refractivity contribution in [2.24, 2.45) is 0 Å². The van der Waals surface area contributed by atoms with Crippen LogP contribution < -0.4 is 10.1 Å². The van der Waals surface area contributed by atoms with Crippen LogP contribution in [0.2, 0.25) is 0 Å². The molecule has 2 N–H and O–H groups in total. The Hall–Kier alpha value is -1.46. The van der Waals surface area contributed by atoms with Crippen molar-refractivity contribution in [3.63, 3.8) is 0 Å². The van der Waals surface area contributed by atoms with E-state index >= 15 is 0 Å². The first kappa shape index (κ1) is 13.0. The van der Waals surface area contributed by atoms with Crippen LogP contribution in [0, 0.1) is 10.4 Å². The third kappa shape index (κ3) is 3.27. The van der Waals surface area contributed by atoms with Gasteiger partial charge in [-0.2, -0.15) is 0 Å². The smallest absolute Gasteiger partial charge is 0.102 e. The van der Waals surface area contributed by atoms with Gasteiger partial charge in [0.15, 0.2) is 0 Å². The van der Waals surface area contributed by atoms with Gasteiger partial charge in [-0.3, -0.25) is 0 Å². The summed E-state index contributed by atoms with van der Waals surface area (Å²) in [5.74, 6) is 0. The second-order valence-corrected chi connectivity index (χ2v) is 4.77. The monoisotopic (exact) mass is 246 g/mol. The summed E-state index contributed by atoms with van der Waals surface area (Å²) in [4.78, 5) is 0. The average molecular weight is 246 g/mol. The molecule has 0 aromatic heterocycles. The Morgan fingerprint density at radius 3 is 1.61 bits per heavy atom. The first-order chi connectivity index (χ1) is 8.54. The van der Waals surface area contributed by atoms with Crippen molar-refractivity contribution >= 4 is 10.8 Å². The van der Waals surface area contributed by atoms with Gasteiger partial charge >= 0.3 is 0 Å². The molecule has 0 heterocycles. The minimum Gasteiger partial charge on any atom is -0.634 e. The Morgan fingerprint density at radius 1 is 0.778 bits per heavy atom. The summed E-state index contributed by atoms with van der Waals surface area (Å²) in [5, 5.41) is 24.8. The first-order valence-electron chi connectivity index (χ1n) is 6.05. The Balaban J connectivity index is 2.33. The summed E-state index contributed by atoms with van der Waals surface area (Å²) < 4.78 is 0. The predicted molar refractivity (Wildman–Crippen MR) is 71.9 cm³/mol. The van der Waals surface area contributed by atoms with Crippen molar-refractivity contribution in [1.82, 2.24) is 0 Å². The lowest BCUT2D eigenvalue weighted by molar-refractivity contribution is -0.840. The van der Waals surface area contributed by atoms with Gasteiger partial charge in [-0.15, -0.1) is 0 Å². The molecule has 2 rings (SSSR count). The summed E-state index contributed by atoms with van der Waals surface area (Å²) in [5.41, 5.74) is 2.05. The molecule has 0 saturated carbocycles. The van der Waals surface area contributed by atoms with E-state index in [-0.39, 0.29) is 10.1 Å². The summed E-state index contributed by atoms with van der Waals surface area (Å²) in [7, 11) is 3.19. The molecule has 0 amide bonds. The van der Waals surface area contributed by atoms with Gasteiger partial charge in [-0.25, -0.2) is 0 Å². The largest absolute Gasteiger partial charge is 0.634 e. The van der Waals surface area contributed by atoms with Crippen LogP contribution in [0.25, 0.3) is 10.8 Å². The molecule has 2 unspecified atom stereocenters. The Morgan fingerprint density at radius 2 is 1.22 bits per heavy atom. The van der Waals surface area contributed by atoms with Gasteiger partial charge in [0.25, 0.3) is 0 Å². The molecule has 0 radical (unpaired) electrons. The second-order valence-electron chi connectivity index (χ2n) is 4.77. The van der Waals surface area contributed by atoms with Crippen LogP contribution in [-0.4, -0.2) is 14.1 Å². The number of benzene rings is 2. The lowest BCUT2D eigenvalue weighted by Crippen LogP contribution is -3.02. The van der Waals surface area contributed by atoms with Crippen LogP contribution in [-0.2, 0) is 13.1 Å². The molecule has 0 fully saturated rings. The summed E-state index contributed by atoms with van der Waals surface area (Å²) >= 11 is 0. The highest BCUT2D eigenvalue weighted by atomic mass is 16.5. The summed E-state index contributed by atoms with van der Waals surface area (Å²) in [6.45, 7) is 0.930. The standard InChI is InChI=1S/C14H18N2O2/c1-15(17)9-11-3-5-13-6-4-12(10-16(2)18)8-14(13)7-11/h3-8,15-16H,9-10H2,1-2H3. The molecule has 96 valence electrons. The highest BCUT2D eigenvalue weighted by Gasteiger charge is 2.02. The Kier molecular flexibility index (Phi) is 3.93. The molecule has 0 aliphatic heterocycles. The molecule has 2 aromatic rings. The fraction of sp³-hybridized carbons (Fsp3) is 0.286. The second kappa shape index (κ2) is 5.46. The summed E-state index contributed by atoms with van der Waals surface area (Å²) in [6, 6.07) is 12.1. The number of hydroxylamine groups is 4. The maximum Gasteiger partial charge on any atom is 0.102 e. The van der Waals surface area contributed by atoms with Crippen LogP contribution in [0.4, 0.5) is 0 Å². The topological polar surface area (TPSA) is 55.0 Å². The number of hydrogen-bond donors (Lipinski definition) is 2. The molecule has 0 aliphatic carbocycles. The van der Waals surface area contributed by atoms with Crippen molar-refractivity contribution in [3.8, 4) is 0 Å². The van der Waals surface area contributed by atoms with Gasteiger partial charge in [0.2, 0.25) is 0 Å². The zero-order valence-electron chi connectivity index (χ0n) is 10.7. The quantitative estimate of drug-likeness (QED) is 0.738. The van der Waals surface area contributed by atoms with Gasteiger partial charge < -0.3 is 20.5 Å². The Bertz CT molecular complexity index is 494. The fourth-order valence-corrected chi connectivity index (χ4v) is 2.14. The van der Waals surface area contributed by atoms with Crippen molar-refractivity contribution in [3.05, 3.63) is 57.9 Å². The summed E-state index contributed by atoms with van der Waals surface area (Å²) in [6.07, 6.45) is 0. The van der Waals surface area contributed by atoms with Crippen LogP contribution in [0.3, 0.4) is 0 Å². The van der Waals surface area contributed by atoms with E-state index in [2.05, 4.69) is 0 Å². The minimum absolute atomic E-state index is 0.161. The van der Waals surface area contributed by atoms with Gasteiger partial charge in [0.05, 0.1) is 14.1 Å². The molecule has 4 heteroatoms. The van der Waals surface area contributed by atoms with Crippen LogP contribution in [0.5, 0.6) is 0 Å². The predicted octanol–water partition coefficient (Wildman–Crippen LogP) is -0.135. The molecule has 2 atom stereocenters. The highest BCUT2D eigenvalue weighted by Crippen LogP contribution is 2.17. The van der Waals surface area contributed by atoms with E-state index in [9.17, 15) is 10.4 Å². The van der Waals surface area contributed by atoms with Crippen LogP contribution in [0.1, 0.15) is 11.1 Å². The molecule has 4 nitrogen and oxygen atoms in total. The number of quaternary nitrogens is 2.